The highest BCUT2D eigenvalue weighted by molar-refractivity contribution is 6.05. The molecule has 2 N–H and O–H groups in total. The van der Waals surface area contributed by atoms with Crippen molar-refractivity contribution in [2.45, 2.75) is 13.8 Å². The van der Waals surface area contributed by atoms with Gasteiger partial charge in [0.2, 0.25) is 0 Å². The molecule has 2 heterocycles. The highest BCUT2D eigenvalue weighted by Gasteiger charge is 2.11. The van der Waals surface area contributed by atoms with Gasteiger partial charge in [0.05, 0.1) is 11.8 Å². The molecule has 19 heavy (non-hydrogen) atoms. The van der Waals surface area contributed by atoms with E-state index in [0.717, 1.165) is 22.3 Å². The molecule has 0 saturated heterocycles. The Hall–Kier alpha value is -2.49. The zero-order valence-electron chi connectivity index (χ0n) is 10.8. The average Bonchev–Trinajstić information content (AvgIpc) is 2.93. The van der Waals surface area contributed by atoms with Crippen LogP contribution in [0.1, 0.15) is 21.8 Å². The minimum atomic E-state index is -0.155. The number of fused-ring (bicyclic) bond motifs is 1. The number of hydrogen-bond donors (Lipinski definition) is 2. The van der Waals surface area contributed by atoms with Gasteiger partial charge in [-0.1, -0.05) is 0 Å². The molecular weight excluding hydrogens is 240 g/mol. The summed E-state index contributed by atoms with van der Waals surface area (Å²) in [6.45, 7) is 3.78. The van der Waals surface area contributed by atoms with Gasteiger partial charge >= 0.3 is 0 Å². The molecular formula is C15H14N2O2. The molecule has 0 bridgehead atoms. The fraction of sp³-hybridized carbons (Fsp3) is 0.133. The van der Waals surface area contributed by atoms with Gasteiger partial charge in [-0.2, -0.15) is 0 Å². The fourth-order valence-corrected chi connectivity index (χ4v) is 2.17. The van der Waals surface area contributed by atoms with Gasteiger partial charge in [-0.15, -0.1) is 0 Å². The number of H-pyrrole nitrogens is 1. The molecule has 0 aliphatic heterocycles. The number of rotatable bonds is 2. The van der Waals surface area contributed by atoms with Gasteiger partial charge in [-0.05, 0) is 44.2 Å². The van der Waals surface area contributed by atoms with Crippen molar-refractivity contribution in [1.82, 2.24) is 4.98 Å². The van der Waals surface area contributed by atoms with Gasteiger partial charge in [-0.25, -0.2) is 0 Å². The van der Waals surface area contributed by atoms with Crippen molar-refractivity contribution in [2.75, 3.05) is 5.32 Å². The lowest BCUT2D eigenvalue weighted by Gasteiger charge is -2.04. The molecule has 0 unspecified atom stereocenters. The molecule has 2 aromatic heterocycles. The van der Waals surface area contributed by atoms with E-state index in [-0.39, 0.29) is 5.91 Å². The van der Waals surface area contributed by atoms with Crippen molar-refractivity contribution in [3.05, 3.63) is 53.6 Å². The van der Waals surface area contributed by atoms with E-state index in [1.54, 1.807) is 13.0 Å². The number of aromatic nitrogens is 1. The van der Waals surface area contributed by atoms with Crippen molar-refractivity contribution in [2.24, 2.45) is 0 Å². The molecule has 1 amide bonds. The Balaban J connectivity index is 1.89. The lowest BCUT2D eigenvalue weighted by molar-refractivity contribution is 0.102. The van der Waals surface area contributed by atoms with Crippen LogP contribution in [0.3, 0.4) is 0 Å². The van der Waals surface area contributed by atoms with Crippen LogP contribution in [0.25, 0.3) is 10.9 Å². The van der Waals surface area contributed by atoms with Crippen molar-refractivity contribution in [1.29, 1.82) is 0 Å². The third-order valence-corrected chi connectivity index (χ3v) is 3.12. The standard InChI is InChI=1S/C15H14N2O2/c1-9-7-11-8-12(3-4-14(11)16-9)17-15(18)13-5-6-19-10(13)2/h3-8,16H,1-2H3,(H,17,18). The summed E-state index contributed by atoms with van der Waals surface area (Å²) >= 11 is 0. The second kappa shape index (κ2) is 4.31. The van der Waals surface area contributed by atoms with E-state index in [0.29, 0.717) is 11.3 Å². The second-order valence-corrected chi connectivity index (χ2v) is 4.60. The number of amides is 1. The third-order valence-electron chi connectivity index (χ3n) is 3.12. The molecule has 0 spiro atoms. The molecule has 0 fully saturated rings. The largest absolute Gasteiger partial charge is 0.469 e. The van der Waals surface area contributed by atoms with Crippen LogP contribution in [0, 0.1) is 13.8 Å². The average molecular weight is 254 g/mol. The first-order valence-electron chi connectivity index (χ1n) is 6.08. The molecule has 0 saturated carbocycles. The van der Waals surface area contributed by atoms with Crippen LogP contribution < -0.4 is 5.32 Å². The highest BCUT2D eigenvalue weighted by Crippen LogP contribution is 2.20. The van der Waals surface area contributed by atoms with Crippen molar-refractivity contribution in [3.63, 3.8) is 0 Å². The molecule has 3 rings (SSSR count). The summed E-state index contributed by atoms with van der Waals surface area (Å²) in [6, 6.07) is 9.51. The van der Waals surface area contributed by atoms with Gasteiger partial charge in [0.1, 0.15) is 5.76 Å². The summed E-state index contributed by atoms with van der Waals surface area (Å²) in [4.78, 5) is 15.3. The molecule has 0 aliphatic rings. The summed E-state index contributed by atoms with van der Waals surface area (Å²) in [7, 11) is 0. The second-order valence-electron chi connectivity index (χ2n) is 4.60. The molecule has 0 aliphatic carbocycles. The first-order chi connectivity index (χ1) is 9.13. The predicted molar refractivity (Wildman–Crippen MR) is 74.4 cm³/mol. The zero-order chi connectivity index (χ0) is 13.4. The van der Waals surface area contributed by atoms with E-state index in [4.69, 9.17) is 4.42 Å². The minimum absolute atomic E-state index is 0.155. The topological polar surface area (TPSA) is 58.0 Å². The van der Waals surface area contributed by atoms with E-state index in [1.807, 2.05) is 31.2 Å². The van der Waals surface area contributed by atoms with Crippen molar-refractivity contribution < 1.29 is 9.21 Å². The van der Waals surface area contributed by atoms with Crippen LogP contribution >= 0.6 is 0 Å². The van der Waals surface area contributed by atoms with E-state index >= 15 is 0 Å². The first kappa shape index (κ1) is 11.6. The van der Waals surface area contributed by atoms with Gasteiger partial charge in [0, 0.05) is 22.3 Å². The number of carbonyl (C=O) groups is 1. The van der Waals surface area contributed by atoms with Crippen LogP contribution in [0.15, 0.2) is 41.0 Å². The number of aromatic amines is 1. The number of hydrogen-bond acceptors (Lipinski definition) is 2. The maximum atomic E-state index is 12.1. The number of benzene rings is 1. The summed E-state index contributed by atoms with van der Waals surface area (Å²) < 4.78 is 5.13. The number of anilines is 1. The molecule has 0 radical (unpaired) electrons. The minimum Gasteiger partial charge on any atom is -0.469 e. The quantitative estimate of drug-likeness (QED) is 0.733. The molecule has 0 atom stereocenters. The smallest absolute Gasteiger partial charge is 0.259 e. The van der Waals surface area contributed by atoms with Gasteiger partial charge in [-0.3, -0.25) is 4.79 Å². The molecule has 96 valence electrons. The monoisotopic (exact) mass is 254 g/mol. The Kier molecular flexibility index (Phi) is 2.63. The lowest BCUT2D eigenvalue weighted by atomic mass is 10.2. The van der Waals surface area contributed by atoms with Gasteiger partial charge in [0.25, 0.3) is 5.91 Å². The van der Waals surface area contributed by atoms with Crippen LogP contribution in [-0.2, 0) is 0 Å². The predicted octanol–water partition coefficient (Wildman–Crippen LogP) is 3.63. The number of aryl methyl sites for hydroxylation is 2. The summed E-state index contributed by atoms with van der Waals surface area (Å²) in [6.07, 6.45) is 1.52. The van der Waals surface area contributed by atoms with Crippen LogP contribution in [-0.4, -0.2) is 10.9 Å². The Morgan fingerprint density at radius 2 is 2.05 bits per heavy atom. The summed E-state index contributed by atoms with van der Waals surface area (Å²) in [5, 5.41) is 3.96. The Morgan fingerprint density at radius 3 is 2.79 bits per heavy atom. The maximum absolute atomic E-state index is 12.1. The molecule has 1 aromatic carbocycles. The summed E-state index contributed by atoms with van der Waals surface area (Å²) in [5.74, 6) is 0.467. The Morgan fingerprint density at radius 1 is 1.21 bits per heavy atom. The lowest BCUT2D eigenvalue weighted by Crippen LogP contribution is -2.11. The van der Waals surface area contributed by atoms with Gasteiger partial charge in [0.15, 0.2) is 0 Å². The normalized spacial score (nSPS) is 10.8. The van der Waals surface area contributed by atoms with Crippen LogP contribution in [0.4, 0.5) is 5.69 Å². The first-order valence-corrected chi connectivity index (χ1v) is 6.08. The van der Waals surface area contributed by atoms with E-state index in [1.165, 1.54) is 6.26 Å². The Labute approximate surface area is 110 Å². The maximum Gasteiger partial charge on any atom is 0.259 e. The molecule has 4 nitrogen and oxygen atoms in total. The number of nitrogens with one attached hydrogen (secondary N) is 2. The highest BCUT2D eigenvalue weighted by atomic mass is 16.3. The van der Waals surface area contributed by atoms with E-state index in [2.05, 4.69) is 10.3 Å². The zero-order valence-corrected chi connectivity index (χ0v) is 10.8. The van der Waals surface area contributed by atoms with E-state index < -0.39 is 0 Å². The molecule has 3 aromatic rings. The van der Waals surface area contributed by atoms with Crippen LogP contribution in [0.5, 0.6) is 0 Å². The fourth-order valence-electron chi connectivity index (χ4n) is 2.17. The third kappa shape index (κ3) is 2.12. The SMILES string of the molecule is Cc1cc2cc(NC(=O)c3ccoc3C)ccc2[nH]1. The summed E-state index contributed by atoms with van der Waals surface area (Å²) in [5.41, 5.74) is 3.50. The van der Waals surface area contributed by atoms with Gasteiger partial charge < -0.3 is 14.7 Å². The molecule has 4 heteroatoms. The van der Waals surface area contributed by atoms with Crippen molar-refractivity contribution in [3.8, 4) is 0 Å². The van der Waals surface area contributed by atoms with E-state index in [9.17, 15) is 4.79 Å². The number of furan rings is 1. The Bertz CT molecular complexity index is 752. The van der Waals surface area contributed by atoms with Crippen molar-refractivity contribution >= 4 is 22.5 Å². The van der Waals surface area contributed by atoms with Crippen LogP contribution in [0.2, 0.25) is 0 Å². The number of carbonyl (C=O) groups excluding carboxylic acids is 1.